The summed E-state index contributed by atoms with van der Waals surface area (Å²) < 4.78 is 4.82. The lowest BCUT2D eigenvalue weighted by molar-refractivity contribution is 0.0600. The van der Waals surface area contributed by atoms with Gasteiger partial charge in [0.15, 0.2) is 0 Å². The van der Waals surface area contributed by atoms with Gasteiger partial charge in [-0.05, 0) is 71.9 Å². The molecule has 3 aromatic carbocycles. The summed E-state index contributed by atoms with van der Waals surface area (Å²) in [5.74, 6) is -0.128. The average Bonchev–Trinajstić information content (AvgIpc) is 2.88. The Labute approximate surface area is 211 Å². The molecular formula is C28H26Cl2N2O2. The van der Waals surface area contributed by atoms with Gasteiger partial charge < -0.3 is 10.1 Å². The number of allylic oxidation sites excluding steroid dienone is 3. The van der Waals surface area contributed by atoms with Gasteiger partial charge in [0.25, 0.3) is 0 Å². The number of ether oxygens (including phenoxy) is 1. The van der Waals surface area contributed by atoms with Crippen LogP contribution in [-0.4, -0.2) is 19.3 Å². The van der Waals surface area contributed by atoms with Crippen LogP contribution in [0.1, 0.15) is 34.7 Å². The molecule has 0 saturated heterocycles. The molecule has 4 nitrogen and oxygen atoms in total. The van der Waals surface area contributed by atoms with Crippen LogP contribution < -0.4 is 5.32 Å². The first-order chi connectivity index (χ1) is 16.1. The van der Waals surface area contributed by atoms with E-state index in [-0.39, 0.29) is 24.3 Å². The fourth-order valence-corrected chi connectivity index (χ4v) is 4.09. The third-order valence-corrected chi connectivity index (χ3v) is 6.10. The first kappa shape index (κ1) is 25.3. The molecule has 1 aliphatic carbocycles. The van der Waals surface area contributed by atoms with Gasteiger partial charge in [-0.15, -0.1) is 12.4 Å². The molecule has 34 heavy (non-hydrogen) atoms. The fraction of sp³-hybridized carbons (Fsp3) is 0.143. The van der Waals surface area contributed by atoms with Gasteiger partial charge >= 0.3 is 5.97 Å². The van der Waals surface area contributed by atoms with E-state index >= 15 is 0 Å². The molecule has 1 aliphatic rings. The molecule has 0 aromatic heterocycles. The highest BCUT2D eigenvalue weighted by atomic mass is 35.5. The summed E-state index contributed by atoms with van der Waals surface area (Å²) >= 11 is 6.84. The van der Waals surface area contributed by atoms with Gasteiger partial charge in [0.1, 0.15) is 0 Å². The number of hydrogen-bond donors (Lipinski definition) is 1. The summed E-state index contributed by atoms with van der Waals surface area (Å²) in [4.78, 5) is 16.4. The van der Waals surface area contributed by atoms with Gasteiger partial charge in [-0.3, -0.25) is 4.99 Å². The number of halogens is 2. The number of rotatable bonds is 6. The van der Waals surface area contributed by atoms with E-state index < -0.39 is 0 Å². The Balaban J connectivity index is 0.00000324. The number of hydrogen-bond acceptors (Lipinski definition) is 4. The second-order valence-corrected chi connectivity index (χ2v) is 8.21. The second-order valence-electron chi connectivity index (χ2n) is 7.83. The lowest BCUT2D eigenvalue weighted by Gasteiger charge is -2.26. The number of benzene rings is 3. The lowest BCUT2D eigenvalue weighted by atomic mass is 9.81. The quantitative estimate of drug-likeness (QED) is 0.283. The molecule has 0 saturated carbocycles. The molecule has 0 radical (unpaired) electrons. The van der Waals surface area contributed by atoms with Crippen molar-refractivity contribution in [2.45, 2.75) is 18.8 Å². The largest absolute Gasteiger partial charge is 0.465 e. The van der Waals surface area contributed by atoms with E-state index in [2.05, 4.69) is 10.3 Å². The average molecular weight is 493 g/mol. The van der Waals surface area contributed by atoms with Gasteiger partial charge in [0, 0.05) is 23.1 Å². The number of nitrogens with zero attached hydrogens (tertiary/aromatic N) is 1. The maximum Gasteiger partial charge on any atom is 0.337 e. The molecule has 3 aromatic rings. The van der Waals surface area contributed by atoms with Gasteiger partial charge in [0.2, 0.25) is 0 Å². The highest BCUT2D eigenvalue weighted by molar-refractivity contribution is 6.34. The zero-order valence-corrected chi connectivity index (χ0v) is 20.4. The number of aliphatic imine (C=N–C) groups is 1. The summed E-state index contributed by atoms with van der Waals surface area (Å²) in [6, 6.07) is 27.4. The third kappa shape index (κ3) is 6.37. The standard InChI is InChI=1S/C28H25ClN2O2.ClH/c1-33-28(32)21-14-12-20(13-15-21)22-16-23(18-30-25-8-4-2-5-9-25)27(29)24(17-22)19-31-26-10-6-3-7-11-26;/h2-15,18-19,22,30H,16-17H2,1H3;1H/b23-18+,31-19+;. The minimum atomic E-state index is -0.337. The second kappa shape index (κ2) is 12.2. The van der Waals surface area contributed by atoms with Crippen LogP contribution in [0.2, 0.25) is 0 Å². The molecule has 6 heteroatoms. The lowest BCUT2D eigenvalue weighted by Crippen LogP contribution is -2.12. The van der Waals surface area contributed by atoms with Gasteiger partial charge in [-0.1, -0.05) is 60.1 Å². The van der Waals surface area contributed by atoms with E-state index in [0.717, 1.165) is 46.0 Å². The van der Waals surface area contributed by atoms with Crippen molar-refractivity contribution in [1.82, 2.24) is 0 Å². The summed E-state index contributed by atoms with van der Waals surface area (Å²) in [5.41, 5.74) is 5.56. The molecule has 1 atom stereocenters. The molecule has 0 spiro atoms. The van der Waals surface area contributed by atoms with Crippen LogP contribution in [0.4, 0.5) is 11.4 Å². The van der Waals surface area contributed by atoms with Crippen LogP contribution in [-0.2, 0) is 4.74 Å². The Morgan fingerprint density at radius 3 is 2.26 bits per heavy atom. The van der Waals surface area contributed by atoms with Gasteiger partial charge in [0.05, 0.1) is 18.4 Å². The van der Waals surface area contributed by atoms with E-state index in [4.69, 9.17) is 16.3 Å². The SMILES string of the molecule is COC(=O)c1ccc(C2CC(/C=N/c3ccccc3)=C(Cl)C(=C/Nc3ccccc3)/C2)cc1.Cl. The molecule has 0 amide bonds. The van der Waals surface area contributed by atoms with Crippen molar-refractivity contribution in [2.75, 3.05) is 12.4 Å². The van der Waals surface area contributed by atoms with E-state index in [1.54, 1.807) is 0 Å². The maximum absolute atomic E-state index is 11.8. The molecule has 0 heterocycles. The van der Waals surface area contributed by atoms with Crippen molar-refractivity contribution in [2.24, 2.45) is 4.99 Å². The number of esters is 1. The first-order valence-corrected chi connectivity index (χ1v) is 11.2. The fourth-order valence-electron chi connectivity index (χ4n) is 3.84. The highest BCUT2D eigenvalue weighted by Gasteiger charge is 2.25. The molecule has 4 rings (SSSR count). The van der Waals surface area contributed by atoms with Crippen LogP contribution >= 0.6 is 24.0 Å². The van der Waals surface area contributed by atoms with Crippen LogP contribution in [0.15, 0.2) is 112 Å². The Kier molecular flexibility index (Phi) is 9.08. The molecule has 1 unspecified atom stereocenters. The predicted octanol–water partition coefficient (Wildman–Crippen LogP) is 7.66. The topological polar surface area (TPSA) is 50.7 Å². The van der Waals surface area contributed by atoms with E-state index in [0.29, 0.717) is 5.56 Å². The number of para-hydroxylation sites is 2. The minimum absolute atomic E-state index is 0. The van der Waals surface area contributed by atoms with E-state index in [9.17, 15) is 4.79 Å². The Hall–Kier alpha value is -3.34. The highest BCUT2D eigenvalue weighted by Crippen LogP contribution is 2.41. The number of anilines is 1. The smallest absolute Gasteiger partial charge is 0.337 e. The number of methoxy groups -OCH3 is 1. The van der Waals surface area contributed by atoms with E-state index in [1.165, 1.54) is 7.11 Å². The van der Waals surface area contributed by atoms with Gasteiger partial charge in [-0.25, -0.2) is 4.79 Å². The molecule has 0 aliphatic heterocycles. The third-order valence-electron chi connectivity index (χ3n) is 5.61. The zero-order chi connectivity index (χ0) is 23.0. The molecule has 0 fully saturated rings. The molecule has 1 N–H and O–H groups in total. The number of carbonyl (C=O) groups excluding carboxylic acids is 1. The Bertz CT molecular complexity index is 1190. The van der Waals surface area contributed by atoms with Gasteiger partial charge in [-0.2, -0.15) is 0 Å². The van der Waals surface area contributed by atoms with Crippen LogP contribution in [0.25, 0.3) is 0 Å². The molecule has 0 bridgehead atoms. The zero-order valence-electron chi connectivity index (χ0n) is 18.8. The molecule has 174 valence electrons. The Morgan fingerprint density at radius 2 is 1.62 bits per heavy atom. The monoisotopic (exact) mass is 492 g/mol. The summed E-state index contributed by atoms with van der Waals surface area (Å²) in [6.07, 6.45) is 5.38. The van der Waals surface area contributed by atoms with E-state index in [1.807, 2.05) is 97.3 Å². The summed E-state index contributed by atoms with van der Waals surface area (Å²) in [7, 11) is 1.39. The first-order valence-electron chi connectivity index (χ1n) is 10.8. The summed E-state index contributed by atoms with van der Waals surface area (Å²) in [6.45, 7) is 0. The summed E-state index contributed by atoms with van der Waals surface area (Å²) in [5, 5.41) is 4.08. The van der Waals surface area contributed by atoms with Crippen LogP contribution in [0.5, 0.6) is 0 Å². The maximum atomic E-state index is 11.8. The van der Waals surface area contributed by atoms with Crippen molar-refractivity contribution in [3.05, 3.63) is 118 Å². The Morgan fingerprint density at radius 1 is 0.971 bits per heavy atom. The van der Waals surface area contributed by atoms with Crippen molar-refractivity contribution in [1.29, 1.82) is 0 Å². The molecular weight excluding hydrogens is 467 g/mol. The predicted molar refractivity (Wildman–Crippen MR) is 143 cm³/mol. The van der Waals surface area contributed by atoms with Crippen molar-refractivity contribution in [3.8, 4) is 0 Å². The van der Waals surface area contributed by atoms with Crippen LogP contribution in [0.3, 0.4) is 0 Å². The normalized spacial score (nSPS) is 16.9. The van der Waals surface area contributed by atoms with Crippen molar-refractivity contribution >= 4 is 47.6 Å². The number of nitrogens with one attached hydrogen (secondary N) is 1. The number of carbonyl (C=O) groups is 1. The van der Waals surface area contributed by atoms with Crippen molar-refractivity contribution < 1.29 is 9.53 Å². The van der Waals surface area contributed by atoms with Crippen molar-refractivity contribution in [3.63, 3.8) is 0 Å². The van der Waals surface area contributed by atoms with Crippen LogP contribution in [0, 0.1) is 0 Å². The minimum Gasteiger partial charge on any atom is -0.465 e.